The molecule has 0 fully saturated rings. The number of aromatic nitrogens is 2. The summed E-state index contributed by atoms with van der Waals surface area (Å²) in [5.41, 5.74) is 0.0497. The number of nitrogens with one attached hydrogen (secondary N) is 1. The maximum absolute atomic E-state index is 11.4. The number of likely N-dealkylation sites (N-methyl/N-ethyl adjacent to an activating group) is 1. The standard InChI is InChI=1S/C9H17N3O/c1-4-8(10-2)7-12-6-5-11(3)9(12)13/h5-6,8,10H,4,7H2,1-3H3. The topological polar surface area (TPSA) is 39.0 Å². The van der Waals surface area contributed by atoms with Gasteiger partial charge in [0.25, 0.3) is 0 Å². The van der Waals surface area contributed by atoms with Gasteiger partial charge in [-0.15, -0.1) is 0 Å². The summed E-state index contributed by atoms with van der Waals surface area (Å²) in [6.45, 7) is 2.85. The summed E-state index contributed by atoms with van der Waals surface area (Å²) >= 11 is 0. The van der Waals surface area contributed by atoms with Gasteiger partial charge in [-0.3, -0.25) is 4.57 Å². The third kappa shape index (κ3) is 2.21. The fourth-order valence-corrected chi connectivity index (χ4v) is 1.31. The highest BCUT2D eigenvalue weighted by atomic mass is 16.1. The monoisotopic (exact) mass is 183 g/mol. The van der Waals surface area contributed by atoms with Crippen molar-refractivity contribution in [1.82, 2.24) is 14.5 Å². The Bertz CT molecular complexity index is 309. The Morgan fingerprint density at radius 3 is 2.62 bits per heavy atom. The van der Waals surface area contributed by atoms with E-state index in [-0.39, 0.29) is 5.69 Å². The van der Waals surface area contributed by atoms with E-state index in [1.54, 1.807) is 22.4 Å². The van der Waals surface area contributed by atoms with Gasteiger partial charge in [0.05, 0.1) is 0 Å². The molecule has 4 heteroatoms. The van der Waals surface area contributed by atoms with E-state index in [0.29, 0.717) is 6.04 Å². The Balaban J connectivity index is 2.73. The fraction of sp³-hybridized carbons (Fsp3) is 0.667. The Kier molecular flexibility index (Phi) is 3.31. The summed E-state index contributed by atoms with van der Waals surface area (Å²) in [5, 5.41) is 3.17. The molecule has 0 aliphatic heterocycles. The molecular formula is C9H17N3O. The van der Waals surface area contributed by atoms with Crippen LogP contribution in [0.4, 0.5) is 0 Å². The van der Waals surface area contributed by atoms with E-state index in [1.807, 2.05) is 13.2 Å². The van der Waals surface area contributed by atoms with Crippen LogP contribution in [0.1, 0.15) is 13.3 Å². The highest BCUT2D eigenvalue weighted by Crippen LogP contribution is 1.93. The second-order valence-corrected chi connectivity index (χ2v) is 3.24. The van der Waals surface area contributed by atoms with Crippen molar-refractivity contribution in [1.29, 1.82) is 0 Å². The maximum atomic E-state index is 11.4. The molecule has 0 saturated carbocycles. The molecular weight excluding hydrogens is 166 g/mol. The SMILES string of the molecule is CCC(Cn1ccn(C)c1=O)NC. The first-order valence-corrected chi connectivity index (χ1v) is 4.58. The normalized spacial score (nSPS) is 13.2. The van der Waals surface area contributed by atoms with Crippen molar-refractivity contribution in [3.05, 3.63) is 22.9 Å². The van der Waals surface area contributed by atoms with Gasteiger partial charge in [0.1, 0.15) is 0 Å². The first-order valence-electron chi connectivity index (χ1n) is 4.58. The third-order valence-corrected chi connectivity index (χ3v) is 2.34. The number of rotatable bonds is 4. The van der Waals surface area contributed by atoms with Crippen LogP contribution in [-0.4, -0.2) is 22.2 Å². The lowest BCUT2D eigenvalue weighted by Gasteiger charge is -2.13. The summed E-state index contributed by atoms with van der Waals surface area (Å²) in [6.07, 6.45) is 4.63. The van der Waals surface area contributed by atoms with Crippen molar-refractivity contribution in [2.45, 2.75) is 25.9 Å². The lowest BCUT2D eigenvalue weighted by molar-refractivity contribution is 0.459. The van der Waals surface area contributed by atoms with Gasteiger partial charge < -0.3 is 9.88 Å². The van der Waals surface area contributed by atoms with Crippen LogP contribution in [-0.2, 0) is 13.6 Å². The molecule has 0 aliphatic carbocycles. The van der Waals surface area contributed by atoms with Crippen LogP contribution >= 0.6 is 0 Å². The van der Waals surface area contributed by atoms with E-state index in [1.165, 1.54) is 0 Å². The second-order valence-electron chi connectivity index (χ2n) is 3.24. The fourth-order valence-electron chi connectivity index (χ4n) is 1.31. The molecule has 0 aromatic carbocycles. The molecule has 1 aromatic heterocycles. The molecule has 4 nitrogen and oxygen atoms in total. The highest BCUT2D eigenvalue weighted by Gasteiger charge is 2.06. The van der Waals surface area contributed by atoms with E-state index in [9.17, 15) is 4.79 Å². The van der Waals surface area contributed by atoms with Crippen LogP contribution in [0.5, 0.6) is 0 Å². The van der Waals surface area contributed by atoms with E-state index in [2.05, 4.69) is 12.2 Å². The Morgan fingerprint density at radius 1 is 1.54 bits per heavy atom. The van der Waals surface area contributed by atoms with Crippen LogP contribution in [0.3, 0.4) is 0 Å². The van der Waals surface area contributed by atoms with Gasteiger partial charge >= 0.3 is 5.69 Å². The molecule has 0 radical (unpaired) electrons. The van der Waals surface area contributed by atoms with Crippen molar-refractivity contribution < 1.29 is 0 Å². The number of imidazole rings is 1. The van der Waals surface area contributed by atoms with E-state index < -0.39 is 0 Å². The Hall–Kier alpha value is -1.03. The molecule has 1 rings (SSSR count). The molecule has 0 amide bonds. The van der Waals surface area contributed by atoms with Crippen LogP contribution in [0.15, 0.2) is 17.2 Å². The molecule has 1 N–H and O–H groups in total. The first-order chi connectivity index (χ1) is 6.19. The summed E-state index contributed by atoms with van der Waals surface area (Å²) in [7, 11) is 3.68. The Morgan fingerprint density at radius 2 is 2.23 bits per heavy atom. The zero-order valence-electron chi connectivity index (χ0n) is 8.45. The lowest BCUT2D eigenvalue weighted by Crippen LogP contribution is -2.34. The second kappa shape index (κ2) is 4.28. The van der Waals surface area contributed by atoms with Crippen molar-refractivity contribution in [3.63, 3.8) is 0 Å². The van der Waals surface area contributed by atoms with Crippen LogP contribution in [0.25, 0.3) is 0 Å². The summed E-state index contributed by atoms with van der Waals surface area (Å²) in [6, 6.07) is 0.375. The molecule has 1 atom stereocenters. The molecule has 0 bridgehead atoms. The average molecular weight is 183 g/mol. The van der Waals surface area contributed by atoms with Crippen LogP contribution in [0, 0.1) is 0 Å². The predicted molar refractivity (Wildman–Crippen MR) is 52.8 cm³/mol. The minimum atomic E-state index is 0.0497. The molecule has 13 heavy (non-hydrogen) atoms. The average Bonchev–Trinajstić information content (AvgIpc) is 2.45. The van der Waals surface area contributed by atoms with Gasteiger partial charge in [-0.25, -0.2) is 4.79 Å². The molecule has 0 saturated heterocycles. The molecule has 1 unspecified atom stereocenters. The maximum Gasteiger partial charge on any atom is 0.327 e. The van der Waals surface area contributed by atoms with Gasteiger partial charge in [0.15, 0.2) is 0 Å². The quantitative estimate of drug-likeness (QED) is 0.723. The smallest absolute Gasteiger partial charge is 0.315 e. The Labute approximate surface area is 78.2 Å². The molecule has 0 aliphatic rings. The number of nitrogens with zero attached hydrogens (tertiary/aromatic N) is 2. The zero-order valence-corrected chi connectivity index (χ0v) is 8.45. The minimum absolute atomic E-state index is 0.0497. The van der Waals surface area contributed by atoms with Gasteiger partial charge in [-0.2, -0.15) is 0 Å². The minimum Gasteiger partial charge on any atom is -0.315 e. The predicted octanol–water partition coefficient (Wildman–Crippen LogP) is 0.185. The van der Waals surface area contributed by atoms with Gasteiger partial charge in [-0.1, -0.05) is 6.92 Å². The van der Waals surface area contributed by atoms with Crippen LogP contribution in [0.2, 0.25) is 0 Å². The highest BCUT2D eigenvalue weighted by molar-refractivity contribution is 4.81. The van der Waals surface area contributed by atoms with E-state index in [0.717, 1.165) is 13.0 Å². The molecule has 1 aromatic rings. The summed E-state index contributed by atoms with van der Waals surface area (Å²) in [5.74, 6) is 0. The molecule has 0 spiro atoms. The van der Waals surface area contributed by atoms with E-state index >= 15 is 0 Å². The van der Waals surface area contributed by atoms with Crippen molar-refractivity contribution >= 4 is 0 Å². The van der Waals surface area contributed by atoms with Crippen molar-refractivity contribution in [2.75, 3.05) is 7.05 Å². The largest absolute Gasteiger partial charge is 0.327 e. The summed E-state index contributed by atoms with van der Waals surface area (Å²) in [4.78, 5) is 11.4. The number of hydrogen-bond donors (Lipinski definition) is 1. The number of hydrogen-bond acceptors (Lipinski definition) is 2. The van der Waals surface area contributed by atoms with Gasteiger partial charge in [0.2, 0.25) is 0 Å². The summed E-state index contributed by atoms with van der Waals surface area (Å²) < 4.78 is 3.31. The van der Waals surface area contributed by atoms with Crippen LogP contribution < -0.4 is 11.0 Å². The van der Waals surface area contributed by atoms with Gasteiger partial charge in [-0.05, 0) is 13.5 Å². The molecule has 1 heterocycles. The molecule has 74 valence electrons. The number of aryl methyl sites for hydroxylation is 1. The lowest BCUT2D eigenvalue weighted by atomic mass is 10.2. The van der Waals surface area contributed by atoms with Crippen molar-refractivity contribution in [3.8, 4) is 0 Å². The van der Waals surface area contributed by atoms with Crippen molar-refractivity contribution in [2.24, 2.45) is 7.05 Å². The van der Waals surface area contributed by atoms with Gasteiger partial charge in [0, 0.05) is 32.0 Å². The van der Waals surface area contributed by atoms with E-state index in [4.69, 9.17) is 0 Å². The zero-order chi connectivity index (χ0) is 9.84. The first kappa shape index (κ1) is 10.1. The third-order valence-electron chi connectivity index (χ3n) is 2.34.